The number of likely N-dealkylation sites (tertiary alicyclic amines) is 1. The number of aryl methyl sites for hydroxylation is 1. The number of hydrogen-bond donors (Lipinski definition) is 1. The quantitative estimate of drug-likeness (QED) is 0.315. The molecule has 1 heterocycles. The summed E-state index contributed by atoms with van der Waals surface area (Å²) in [5, 5.41) is 13.5. The third-order valence-corrected chi connectivity index (χ3v) is 6.44. The fraction of sp³-hybridized carbons (Fsp3) is 0.429. The van der Waals surface area contributed by atoms with Crippen molar-refractivity contribution in [3.63, 3.8) is 0 Å². The number of rotatable bonds is 11. The molecule has 0 radical (unpaired) electrons. The molecule has 0 saturated carbocycles. The van der Waals surface area contributed by atoms with Crippen LogP contribution in [0.1, 0.15) is 56.3 Å². The molecule has 0 aliphatic carbocycles. The number of ether oxygens (including phenoxy) is 1. The van der Waals surface area contributed by atoms with Crippen LogP contribution >= 0.6 is 0 Å². The number of nitrogens with one attached hydrogen (secondary N) is 1. The van der Waals surface area contributed by atoms with Gasteiger partial charge in [0.2, 0.25) is 5.78 Å². The predicted octanol–water partition coefficient (Wildman–Crippen LogP) is 2.32. The Bertz CT molecular complexity index is 1010. The molecule has 1 aliphatic rings. The molecule has 6 nitrogen and oxygen atoms in total. The summed E-state index contributed by atoms with van der Waals surface area (Å²) in [5.41, 5.74) is 2.22. The number of amides is 1. The van der Waals surface area contributed by atoms with E-state index in [9.17, 15) is 14.7 Å². The Morgan fingerprint density at radius 3 is 2.24 bits per heavy atom. The lowest BCUT2D eigenvalue weighted by molar-refractivity contribution is -0.896. The zero-order valence-corrected chi connectivity index (χ0v) is 20.7. The SMILES string of the molecule is CCCOc1ccc(C2/C(=C(\[O-])c3ccc(C)cc3)C(=O)C(=O)N2CCC[NH+](CC)CC)cc1. The largest absolute Gasteiger partial charge is 0.872 e. The van der Waals surface area contributed by atoms with Gasteiger partial charge >= 0.3 is 0 Å². The molecule has 2 aromatic carbocycles. The normalized spacial score (nSPS) is 17.6. The number of benzene rings is 2. The molecule has 1 saturated heterocycles. The van der Waals surface area contributed by atoms with Crippen molar-refractivity contribution in [2.45, 2.75) is 46.6 Å². The fourth-order valence-corrected chi connectivity index (χ4v) is 4.38. The second kappa shape index (κ2) is 11.8. The van der Waals surface area contributed by atoms with E-state index in [1.54, 1.807) is 17.0 Å². The fourth-order valence-electron chi connectivity index (χ4n) is 4.38. The zero-order chi connectivity index (χ0) is 24.7. The number of quaternary nitrogens is 1. The van der Waals surface area contributed by atoms with Crippen LogP contribution in [0.25, 0.3) is 5.76 Å². The number of carbonyl (C=O) groups is 2. The first kappa shape index (κ1) is 25.5. The molecular formula is C28H36N2O4. The van der Waals surface area contributed by atoms with Crippen LogP contribution in [0.15, 0.2) is 54.1 Å². The van der Waals surface area contributed by atoms with Crippen LogP contribution in [0, 0.1) is 6.92 Å². The Morgan fingerprint density at radius 2 is 1.65 bits per heavy atom. The van der Waals surface area contributed by atoms with Gasteiger partial charge in [0.05, 0.1) is 32.3 Å². The van der Waals surface area contributed by atoms with E-state index in [0.29, 0.717) is 18.7 Å². The van der Waals surface area contributed by atoms with Gasteiger partial charge in [-0.25, -0.2) is 0 Å². The van der Waals surface area contributed by atoms with E-state index in [1.807, 2.05) is 50.2 Å². The number of nitrogens with zero attached hydrogens (tertiary/aromatic N) is 1. The maximum atomic E-state index is 13.5. The molecule has 2 aromatic rings. The molecule has 1 amide bonds. The summed E-state index contributed by atoms with van der Waals surface area (Å²) in [7, 11) is 0. The second-order valence-corrected chi connectivity index (χ2v) is 8.82. The highest BCUT2D eigenvalue weighted by molar-refractivity contribution is 6.46. The lowest BCUT2D eigenvalue weighted by Crippen LogP contribution is -3.11. The predicted molar refractivity (Wildman–Crippen MR) is 131 cm³/mol. The van der Waals surface area contributed by atoms with Gasteiger partial charge < -0.3 is 19.6 Å². The zero-order valence-electron chi connectivity index (χ0n) is 20.7. The van der Waals surface area contributed by atoms with Crippen molar-refractivity contribution in [3.05, 3.63) is 70.8 Å². The van der Waals surface area contributed by atoms with Crippen molar-refractivity contribution >= 4 is 17.4 Å². The van der Waals surface area contributed by atoms with Crippen LogP contribution in [0.2, 0.25) is 0 Å². The van der Waals surface area contributed by atoms with E-state index in [2.05, 4.69) is 13.8 Å². The lowest BCUT2D eigenvalue weighted by atomic mass is 9.95. The summed E-state index contributed by atoms with van der Waals surface area (Å²) in [4.78, 5) is 29.2. The van der Waals surface area contributed by atoms with Gasteiger partial charge in [0, 0.05) is 18.5 Å². The van der Waals surface area contributed by atoms with Gasteiger partial charge in [-0.1, -0.05) is 54.6 Å². The molecular weight excluding hydrogens is 428 g/mol. The molecule has 34 heavy (non-hydrogen) atoms. The topological polar surface area (TPSA) is 74.1 Å². The highest BCUT2D eigenvalue weighted by Crippen LogP contribution is 2.39. The second-order valence-electron chi connectivity index (χ2n) is 8.82. The molecule has 1 atom stereocenters. The van der Waals surface area contributed by atoms with Gasteiger partial charge in [-0.15, -0.1) is 0 Å². The van der Waals surface area contributed by atoms with Crippen molar-refractivity contribution in [2.24, 2.45) is 0 Å². The number of Topliss-reactive ketones (excluding diaryl/α,β-unsaturated/α-hetero) is 1. The van der Waals surface area contributed by atoms with Crippen molar-refractivity contribution in [1.29, 1.82) is 0 Å². The highest BCUT2D eigenvalue weighted by atomic mass is 16.5. The number of ketones is 1. The van der Waals surface area contributed by atoms with Crippen LogP contribution in [0.3, 0.4) is 0 Å². The summed E-state index contributed by atoms with van der Waals surface area (Å²) >= 11 is 0. The smallest absolute Gasteiger partial charge is 0.295 e. The first-order chi connectivity index (χ1) is 16.4. The lowest BCUT2D eigenvalue weighted by Gasteiger charge is -2.28. The van der Waals surface area contributed by atoms with E-state index in [0.717, 1.165) is 49.4 Å². The minimum Gasteiger partial charge on any atom is -0.872 e. The van der Waals surface area contributed by atoms with Crippen LogP contribution < -0.4 is 14.7 Å². The van der Waals surface area contributed by atoms with Crippen molar-refractivity contribution in [2.75, 3.05) is 32.8 Å². The highest BCUT2D eigenvalue weighted by Gasteiger charge is 2.44. The molecule has 1 N–H and O–H groups in total. The molecule has 0 aromatic heterocycles. The Balaban J connectivity index is 1.99. The Hall–Kier alpha value is -3.12. The van der Waals surface area contributed by atoms with Crippen LogP contribution in [0.4, 0.5) is 0 Å². The van der Waals surface area contributed by atoms with E-state index >= 15 is 0 Å². The molecule has 0 bridgehead atoms. The van der Waals surface area contributed by atoms with Gasteiger partial charge in [0.15, 0.2) is 0 Å². The summed E-state index contributed by atoms with van der Waals surface area (Å²) < 4.78 is 5.69. The van der Waals surface area contributed by atoms with Crippen molar-refractivity contribution in [1.82, 2.24) is 4.90 Å². The van der Waals surface area contributed by atoms with E-state index in [-0.39, 0.29) is 11.3 Å². The van der Waals surface area contributed by atoms with E-state index in [4.69, 9.17) is 4.74 Å². The minimum atomic E-state index is -0.697. The number of carbonyl (C=O) groups excluding carboxylic acids is 2. The van der Waals surface area contributed by atoms with Crippen molar-refractivity contribution < 1.29 is 24.3 Å². The average Bonchev–Trinajstić information content (AvgIpc) is 3.10. The monoisotopic (exact) mass is 464 g/mol. The maximum absolute atomic E-state index is 13.5. The molecule has 0 spiro atoms. The third kappa shape index (κ3) is 5.68. The first-order valence-corrected chi connectivity index (χ1v) is 12.3. The maximum Gasteiger partial charge on any atom is 0.295 e. The minimum absolute atomic E-state index is 0.0336. The van der Waals surface area contributed by atoms with Crippen LogP contribution in [-0.2, 0) is 9.59 Å². The van der Waals surface area contributed by atoms with E-state index in [1.165, 1.54) is 4.90 Å². The molecule has 6 heteroatoms. The van der Waals surface area contributed by atoms with Gasteiger partial charge in [-0.3, -0.25) is 9.59 Å². The molecule has 182 valence electrons. The third-order valence-electron chi connectivity index (χ3n) is 6.44. The van der Waals surface area contributed by atoms with Gasteiger partial charge in [-0.2, -0.15) is 0 Å². The van der Waals surface area contributed by atoms with Gasteiger partial charge in [-0.05, 0) is 50.5 Å². The van der Waals surface area contributed by atoms with Crippen LogP contribution in [-0.4, -0.2) is 49.4 Å². The van der Waals surface area contributed by atoms with Crippen LogP contribution in [0.5, 0.6) is 5.75 Å². The summed E-state index contributed by atoms with van der Waals surface area (Å²) in [6.45, 7) is 12.2. The molecule has 3 rings (SSSR count). The molecule has 1 unspecified atom stereocenters. The summed E-state index contributed by atoms with van der Waals surface area (Å²) in [5.74, 6) is -0.950. The van der Waals surface area contributed by atoms with Crippen molar-refractivity contribution in [3.8, 4) is 5.75 Å². The number of hydrogen-bond acceptors (Lipinski definition) is 4. The van der Waals surface area contributed by atoms with Gasteiger partial charge in [0.25, 0.3) is 5.91 Å². The van der Waals surface area contributed by atoms with Gasteiger partial charge in [0.1, 0.15) is 5.75 Å². The Labute approximate surface area is 202 Å². The Kier molecular flexibility index (Phi) is 8.88. The summed E-state index contributed by atoms with van der Waals surface area (Å²) in [6, 6.07) is 13.8. The van der Waals surface area contributed by atoms with E-state index < -0.39 is 17.7 Å². The average molecular weight is 465 g/mol. The first-order valence-electron chi connectivity index (χ1n) is 12.3. The Morgan fingerprint density at radius 1 is 1.00 bits per heavy atom. The standard InChI is InChI=1S/C28H36N2O4/c1-5-19-34-23-15-13-21(14-16-23)25-24(26(31)22-11-9-20(4)10-12-22)27(32)28(33)30(25)18-8-17-29(6-2)7-3/h9-16,25,31H,5-8,17-19H2,1-4H3/b26-24+. The molecule has 1 fully saturated rings. The summed E-state index contributed by atoms with van der Waals surface area (Å²) in [6.07, 6.45) is 1.66. The molecule has 1 aliphatic heterocycles.